The second kappa shape index (κ2) is 3.65. The number of benzene rings is 1. The minimum absolute atomic E-state index is 0.0618. The van der Waals surface area contributed by atoms with Gasteiger partial charge in [-0.1, -0.05) is 12.1 Å². The van der Waals surface area contributed by atoms with Crippen LogP contribution in [0.25, 0.3) is 0 Å². The molecule has 1 unspecified atom stereocenters. The third kappa shape index (κ3) is 1.69. The smallest absolute Gasteiger partial charge is 0.242 e. The van der Waals surface area contributed by atoms with Crippen LogP contribution in [0.2, 0.25) is 0 Å². The lowest BCUT2D eigenvalue weighted by molar-refractivity contribution is -0.119. The van der Waals surface area contributed by atoms with Crippen molar-refractivity contribution in [2.75, 3.05) is 11.9 Å². The fraction of sp³-hybridized carbons (Fsp3) is 0.300. The maximum Gasteiger partial charge on any atom is 0.242 e. The van der Waals surface area contributed by atoms with Gasteiger partial charge in [0, 0.05) is 6.54 Å². The highest BCUT2D eigenvalue weighted by atomic mass is 19.1. The predicted octanol–water partition coefficient (Wildman–Crippen LogP) is 1.13. The zero-order valence-corrected chi connectivity index (χ0v) is 7.59. The Bertz CT molecular complexity index is 354. The van der Waals surface area contributed by atoms with Crippen molar-refractivity contribution in [1.29, 1.82) is 0 Å². The lowest BCUT2D eigenvalue weighted by Gasteiger charge is -2.11. The SMILES string of the molecule is O=C1NCCC1Nc1ccccc1F. The van der Waals surface area contributed by atoms with E-state index >= 15 is 0 Å². The van der Waals surface area contributed by atoms with Crippen LogP contribution in [0, 0.1) is 5.82 Å². The van der Waals surface area contributed by atoms with Crippen LogP contribution < -0.4 is 10.6 Å². The summed E-state index contributed by atoms with van der Waals surface area (Å²) in [7, 11) is 0. The lowest BCUT2D eigenvalue weighted by Crippen LogP contribution is -2.29. The molecule has 0 bridgehead atoms. The fourth-order valence-electron chi connectivity index (χ4n) is 1.50. The van der Waals surface area contributed by atoms with E-state index in [2.05, 4.69) is 10.6 Å². The van der Waals surface area contributed by atoms with Crippen molar-refractivity contribution in [3.05, 3.63) is 30.1 Å². The van der Waals surface area contributed by atoms with Crippen molar-refractivity contribution in [1.82, 2.24) is 5.32 Å². The number of hydrogen-bond acceptors (Lipinski definition) is 2. The van der Waals surface area contributed by atoms with Crippen molar-refractivity contribution >= 4 is 11.6 Å². The van der Waals surface area contributed by atoms with Gasteiger partial charge in [-0.2, -0.15) is 0 Å². The van der Waals surface area contributed by atoms with Gasteiger partial charge in [0.2, 0.25) is 5.91 Å². The van der Waals surface area contributed by atoms with Crippen molar-refractivity contribution in [2.24, 2.45) is 0 Å². The summed E-state index contributed by atoms with van der Waals surface area (Å²) in [5.74, 6) is -0.388. The van der Waals surface area contributed by atoms with Crippen molar-refractivity contribution in [3.8, 4) is 0 Å². The molecular formula is C10H11FN2O. The molecule has 2 rings (SSSR count). The molecule has 1 aromatic carbocycles. The van der Waals surface area contributed by atoms with Crippen LogP contribution in [0.4, 0.5) is 10.1 Å². The zero-order chi connectivity index (χ0) is 9.97. The maximum absolute atomic E-state index is 13.2. The molecular weight excluding hydrogens is 183 g/mol. The molecule has 14 heavy (non-hydrogen) atoms. The lowest BCUT2D eigenvalue weighted by atomic mass is 10.2. The Morgan fingerprint density at radius 1 is 1.43 bits per heavy atom. The van der Waals surface area contributed by atoms with Crippen LogP contribution >= 0.6 is 0 Å². The molecule has 1 amide bonds. The minimum atomic E-state index is -0.327. The van der Waals surface area contributed by atoms with Gasteiger partial charge in [-0.25, -0.2) is 4.39 Å². The Kier molecular flexibility index (Phi) is 2.35. The summed E-state index contributed by atoms with van der Waals surface area (Å²) < 4.78 is 13.2. The van der Waals surface area contributed by atoms with Gasteiger partial charge in [0.1, 0.15) is 11.9 Å². The number of amides is 1. The van der Waals surface area contributed by atoms with E-state index in [0.29, 0.717) is 18.7 Å². The molecule has 2 N–H and O–H groups in total. The van der Waals surface area contributed by atoms with Crippen molar-refractivity contribution < 1.29 is 9.18 Å². The third-order valence-electron chi connectivity index (χ3n) is 2.25. The van der Waals surface area contributed by atoms with Crippen LogP contribution in [0.3, 0.4) is 0 Å². The summed E-state index contributed by atoms with van der Waals surface area (Å²) in [6.45, 7) is 0.658. The molecule has 1 heterocycles. The van der Waals surface area contributed by atoms with E-state index in [1.54, 1.807) is 18.2 Å². The molecule has 0 saturated carbocycles. The fourth-order valence-corrected chi connectivity index (χ4v) is 1.50. The van der Waals surface area contributed by atoms with Crippen LogP contribution in [0.5, 0.6) is 0 Å². The number of halogens is 1. The molecule has 1 saturated heterocycles. The van der Waals surface area contributed by atoms with E-state index in [4.69, 9.17) is 0 Å². The summed E-state index contributed by atoms with van der Waals surface area (Å²) >= 11 is 0. The quantitative estimate of drug-likeness (QED) is 0.740. The number of carbonyl (C=O) groups is 1. The molecule has 1 aliphatic rings. The highest BCUT2D eigenvalue weighted by molar-refractivity contribution is 5.86. The Morgan fingerprint density at radius 2 is 2.21 bits per heavy atom. The van der Waals surface area contributed by atoms with Gasteiger partial charge in [-0.15, -0.1) is 0 Å². The van der Waals surface area contributed by atoms with Crippen LogP contribution in [0.1, 0.15) is 6.42 Å². The summed E-state index contributed by atoms with van der Waals surface area (Å²) in [4.78, 5) is 11.2. The first-order valence-corrected chi connectivity index (χ1v) is 4.56. The van der Waals surface area contributed by atoms with Crippen LogP contribution in [-0.2, 0) is 4.79 Å². The van der Waals surface area contributed by atoms with E-state index < -0.39 is 0 Å². The van der Waals surface area contributed by atoms with Crippen molar-refractivity contribution in [3.63, 3.8) is 0 Å². The van der Waals surface area contributed by atoms with E-state index in [9.17, 15) is 9.18 Å². The minimum Gasteiger partial charge on any atom is -0.371 e. The van der Waals surface area contributed by atoms with E-state index in [1.165, 1.54) is 6.07 Å². The topological polar surface area (TPSA) is 41.1 Å². The van der Waals surface area contributed by atoms with Gasteiger partial charge < -0.3 is 10.6 Å². The molecule has 0 spiro atoms. The van der Waals surface area contributed by atoms with Gasteiger partial charge in [-0.3, -0.25) is 4.79 Å². The molecule has 3 nitrogen and oxygen atoms in total. The molecule has 1 aromatic rings. The highest BCUT2D eigenvalue weighted by Gasteiger charge is 2.24. The molecule has 74 valence electrons. The molecule has 0 aromatic heterocycles. The van der Waals surface area contributed by atoms with Crippen LogP contribution in [0.15, 0.2) is 24.3 Å². The summed E-state index contributed by atoms with van der Waals surface area (Å²) in [6, 6.07) is 6.05. The Balaban J connectivity index is 2.10. The zero-order valence-electron chi connectivity index (χ0n) is 7.59. The van der Waals surface area contributed by atoms with Gasteiger partial charge in [0.05, 0.1) is 5.69 Å². The Morgan fingerprint density at radius 3 is 2.86 bits per heavy atom. The third-order valence-corrected chi connectivity index (χ3v) is 2.25. The number of carbonyl (C=O) groups excluding carboxylic acids is 1. The average Bonchev–Trinajstić information content (AvgIpc) is 2.56. The first-order chi connectivity index (χ1) is 6.77. The molecule has 1 fully saturated rings. The second-order valence-corrected chi connectivity index (χ2v) is 3.26. The summed E-state index contributed by atoms with van der Waals surface area (Å²) in [5, 5.41) is 5.56. The van der Waals surface area contributed by atoms with Crippen molar-refractivity contribution in [2.45, 2.75) is 12.5 Å². The van der Waals surface area contributed by atoms with Gasteiger partial charge in [0.25, 0.3) is 0 Å². The summed E-state index contributed by atoms with van der Waals surface area (Å²) in [5.41, 5.74) is 0.384. The largest absolute Gasteiger partial charge is 0.371 e. The number of hydrogen-bond donors (Lipinski definition) is 2. The molecule has 0 aliphatic carbocycles. The van der Waals surface area contributed by atoms with Crippen LogP contribution in [-0.4, -0.2) is 18.5 Å². The number of anilines is 1. The first kappa shape index (κ1) is 8.99. The monoisotopic (exact) mass is 194 g/mol. The predicted molar refractivity (Wildman–Crippen MR) is 51.4 cm³/mol. The first-order valence-electron chi connectivity index (χ1n) is 4.56. The number of para-hydroxylation sites is 1. The van der Waals surface area contributed by atoms with Gasteiger partial charge in [-0.05, 0) is 18.6 Å². The maximum atomic E-state index is 13.2. The Labute approximate surface area is 81.3 Å². The molecule has 0 radical (unpaired) electrons. The van der Waals surface area contributed by atoms with E-state index in [1.807, 2.05) is 0 Å². The highest BCUT2D eigenvalue weighted by Crippen LogP contribution is 2.15. The number of rotatable bonds is 2. The molecule has 1 atom stereocenters. The van der Waals surface area contributed by atoms with E-state index in [0.717, 1.165) is 0 Å². The van der Waals surface area contributed by atoms with Gasteiger partial charge >= 0.3 is 0 Å². The number of nitrogens with one attached hydrogen (secondary N) is 2. The standard InChI is InChI=1S/C10H11FN2O/c11-7-3-1-2-4-8(7)13-9-5-6-12-10(9)14/h1-4,9,13H,5-6H2,(H,12,14). The average molecular weight is 194 g/mol. The van der Waals surface area contributed by atoms with E-state index in [-0.39, 0.29) is 17.8 Å². The van der Waals surface area contributed by atoms with Gasteiger partial charge in [0.15, 0.2) is 0 Å². The normalized spacial score (nSPS) is 20.6. The molecule has 1 aliphatic heterocycles. The summed E-state index contributed by atoms with van der Waals surface area (Å²) in [6.07, 6.45) is 0.702. The molecule has 4 heteroatoms. The Hall–Kier alpha value is -1.58. The second-order valence-electron chi connectivity index (χ2n) is 3.26.